The molecule has 1 aromatic rings. The number of carbonyl (C=O) groups excluding carboxylic acids is 1. The molecule has 4 fully saturated rings. The van der Waals surface area contributed by atoms with Crippen LogP contribution >= 0.6 is 0 Å². The Labute approximate surface area is 185 Å². The number of hydrogen-bond acceptors (Lipinski definition) is 5. The molecule has 0 radical (unpaired) electrons. The van der Waals surface area contributed by atoms with Gasteiger partial charge in [-0.15, -0.1) is 0 Å². The van der Waals surface area contributed by atoms with Crippen LogP contribution in [0.15, 0.2) is 24.3 Å². The zero-order valence-electron chi connectivity index (χ0n) is 18.6. The van der Waals surface area contributed by atoms with E-state index in [-0.39, 0.29) is 5.91 Å². The summed E-state index contributed by atoms with van der Waals surface area (Å²) in [6, 6.07) is 9.19. The van der Waals surface area contributed by atoms with Crippen molar-refractivity contribution in [3.05, 3.63) is 29.8 Å². The highest BCUT2D eigenvalue weighted by Crippen LogP contribution is 2.38. The van der Waals surface area contributed by atoms with Crippen LogP contribution in [0.3, 0.4) is 0 Å². The minimum absolute atomic E-state index is 0.233. The fourth-order valence-corrected chi connectivity index (χ4v) is 5.57. The summed E-state index contributed by atoms with van der Waals surface area (Å²) in [7, 11) is 0. The van der Waals surface area contributed by atoms with Crippen molar-refractivity contribution in [2.75, 3.05) is 52.6 Å². The Kier molecular flexibility index (Phi) is 6.49. The van der Waals surface area contributed by atoms with E-state index >= 15 is 0 Å². The molecule has 6 heteroatoms. The van der Waals surface area contributed by atoms with Gasteiger partial charge < -0.3 is 24.0 Å². The van der Waals surface area contributed by atoms with Gasteiger partial charge in [0, 0.05) is 45.4 Å². The van der Waals surface area contributed by atoms with Crippen LogP contribution in [0.1, 0.15) is 50.5 Å². The second-order valence-corrected chi connectivity index (χ2v) is 9.56. The molecule has 3 saturated heterocycles. The SMILES string of the molecule is O=C(N1CCOCC1)C1(c2ccc(OC3CCN(C4CCC4)CC3)cc2)CCOCC1. The van der Waals surface area contributed by atoms with Gasteiger partial charge in [-0.3, -0.25) is 4.79 Å². The lowest BCUT2D eigenvalue weighted by molar-refractivity contribution is -0.145. The zero-order chi connectivity index (χ0) is 21.1. The van der Waals surface area contributed by atoms with Gasteiger partial charge in [0.15, 0.2) is 0 Å². The van der Waals surface area contributed by atoms with E-state index in [1.165, 1.54) is 19.3 Å². The number of piperidine rings is 1. The Morgan fingerprint density at radius 2 is 1.52 bits per heavy atom. The van der Waals surface area contributed by atoms with Crippen molar-refractivity contribution in [3.63, 3.8) is 0 Å². The summed E-state index contributed by atoms with van der Waals surface area (Å²) < 4.78 is 17.4. The average Bonchev–Trinajstić information content (AvgIpc) is 2.80. The standard InChI is InChI=1S/C25H36N2O4/c28-24(27-14-18-30-19-15-27)25(10-16-29-17-11-25)20-4-6-22(7-5-20)31-23-8-12-26(13-9-23)21-2-1-3-21/h4-7,21,23H,1-3,8-19H2. The van der Waals surface area contributed by atoms with E-state index in [9.17, 15) is 4.79 Å². The third-order valence-electron chi connectivity index (χ3n) is 7.83. The van der Waals surface area contributed by atoms with Crippen LogP contribution in [0.2, 0.25) is 0 Å². The first-order chi connectivity index (χ1) is 15.2. The molecule has 5 rings (SSSR count). The first-order valence-corrected chi connectivity index (χ1v) is 12.2. The van der Waals surface area contributed by atoms with E-state index in [1.807, 2.05) is 4.90 Å². The molecule has 3 heterocycles. The van der Waals surface area contributed by atoms with E-state index < -0.39 is 5.41 Å². The smallest absolute Gasteiger partial charge is 0.233 e. The lowest BCUT2D eigenvalue weighted by Crippen LogP contribution is -2.53. The van der Waals surface area contributed by atoms with Gasteiger partial charge in [-0.1, -0.05) is 18.6 Å². The normalized spacial score (nSPS) is 25.7. The number of hydrogen-bond donors (Lipinski definition) is 0. The first-order valence-electron chi connectivity index (χ1n) is 12.2. The molecule has 1 amide bonds. The number of benzene rings is 1. The van der Waals surface area contributed by atoms with Crippen molar-refractivity contribution in [2.45, 2.75) is 62.5 Å². The Morgan fingerprint density at radius 3 is 2.13 bits per heavy atom. The van der Waals surface area contributed by atoms with Crippen LogP contribution in [0.25, 0.3) is 0 Å². The molecular formula is C25H36N2O4. The van der Waals surface area contributed by atoms with Crippen LogP contribution in [0.5, 0.6) is 5.75 Å². The van der Waals surface area contributed by atoms with Crippen LogP contribution < -0.4 is 4.74 Å². The Balaban J connectivity index is 1.24. The van der Waals surface area contributed by atoms with E-state index in [1.54, 1.807) is 0 Å². The summed E-state index contributed by atoms with van der Waals surface area (Å²) in [5, 5.41) is 0. The molecule has 0 bridgehead atoms. The number of ether oxygens (including phenoxy) is 3. The quantitative estimate of drug-likeness (QED) is 0.722. The molecule has 1 saturated carbocycles. The number of likely N-dealkylation sites (tertiary alicyclic amines) is 1. The molecule has 0 N–H and O–H groups in total. The van der Waals surface area contributed by atoms with Gasteiger partial charge >= 0.3 is 0 Å². The molecule has 170 valence electrons. The Hall–Kier alpha value is -1.63. The molecule has 0 aromatic heterocycles. The predicted octanol–water partition coefficient (Wildman–Crippen LogP) is 2.99. The molecule has 0 spiro atoms. The Morgan fingerprint density at radius 1 is 0.871 bits per heavy atom. The summed E-state index contributed by atoms with van der Waals surface area (Å²) in [6.07, 6.45) is 8.14. The molecule has 0 atom stereocenters. The largest absolute Gasteiger partial charge is 0.490 e. The highest BCUT2D eigenvalue weighted by Gasteiger charge is 2.44. The van der Waals surface area contributed by atoms with E-state index in [4.69, 9.17) is 14.2 Å². The van der Waals surface area contributed by atoms with Crippen molar-refractivity contribution in [3.8, 4) is 5.75 Å². The van der Waals surface area contributed by atoms with Gasteiger partial charge in [-0.25, -0.2) is 0 Å². The van der Waals surface area contributed by atoms with Crippen LogP contribution in [-0.2, 0) is 19.7 Å². The summed E-state index contributed by atoms with van der Waals surface area (Å²) in [5.41, 5.74) is 0.613. The summed E-state index contributed by atoms with van der Waals surface area (Å²) >= 11 is 0. The van der Waals surface area contributed by atoms with Crippen LogP contribution in [0, 0.1) is 0 Å². The second-order valence-electron chi connectivity index (χ2n) is 9.56. The van der Waals surface area contributed by atoms with Gasteiger partial charge in [0.05, 0.1) is 18.6 Å². The molecule has 3 aliphatic heterocycles. The van der Waals surface area contributed by atoms with Gasteiger partial charge in [0.1, 0.15) is 11.9 Å². The molecule has 1 aromatic carbocycles. The van der Waals surface area contributed by atoms with Gasteiger partial charge in [0.2, 0.25) is 5.91 Å². The summed E-state index contributed by atoms with van der Waals surface area (Å²) in [5.74, 6) is 1.16. The van der Waals surface area contributed by atoms with Crippen LogP contribution in [-0.4, -0.2) is 80.5 Å². The molecular weight excluding hydrogens is 392 g/mol. The van der Waals surface area contributed by atoms with Crippen molar-refractivity contribution in [1.82, 2.24) is 9.80 Å². The van der Waals surface area contributed by atoms with Crippen molar-refractivity contribution >= 4 is 5.91 Å². The van der Waals surface area contributed by atoms with E-state index in [2.05, 4.69) is 29.2 Å². The minimum Gasteiger partial charge on any atom is -0.490 e. The maximum Gasteiger partial charge on any atom is 0.233 e. The Bertz CT molecular complexity index is 728. The topological polar surface area (TPSA) is 51.2 Å². The van der Waals surface area contributed by atoms with E-state index in [0.29, 0.717) is 45.6 Å². The van der Waals surface area contributed by atoms with Gasteiger partial charge in [-0.05, 0) is 56.2 Å². The molecule has 6 nitrogen and oxygen atoms in total. The fraction of sp³-hybridized carbons (Fsp3) is 0.720. The lowest BCUT2D eigenvalue weighted by atomic mass is 9.73. The molecule has 1 aliphatic carbocycles. The predicted molar refractivity (Wildman–Crippen MR) is 118 cm³/mol. The average molecular weight is 429 g/mol. The molecule has 31 heavy (non-hydrogen) atoms. The van der Waals surface area contributed by atoms with Crippen LogP contribution in [0.4, 0.5) is 0 Å². The molecule has 0 unspecified atom stereocenters. The number of morpholine rings is 1. The first kappa shape index (κ1) is 21.2. The van der Waals surface area contributed by atoms with E-state index in [0.717, 1.165) is 56.1 Å². The molecule has 4 aliphatic rings. The lowest BCUT2D eigenvalue weighted by Gasteiger charge is -2.42. The number of carbonyl (C=O) groups is 1. The van der Waals surface area contributed by atoms with Crippen molar-refractivity contribution < 1.29 is 19.0 Å². The van der Waals surface area contributed by atoms with Gasteiger partial charge in [0.25, 0.3) is 0 Å². The van der Waals surface area contributed by atoms with Crippen molar-refractivity contribution in [1.29, 1.82) is 0 Å². The summed E-state index contributed by atoms with van der Waals surface area (Å²) in [6.45, 7) is 6.21. The van der Waals surface area contributed by atoms with Crippen molar-refractivity contribution in [2.24, 2.45) is 0 Å². The summed E-state index contributed by atoms with van der Waals surface area (Å²) in [4.78, 5) is 18.2. The highest BCUT2D eigenvalue weighted by atomic mass is 16.5. The number of nitrogens with zero attached hydrogens (tertiary/aromatic N) is 2. The fourth-order valence-electron chi connectivity index (χ4n) is 5.57. The highest BCUT2D eigenvalue weighted by molar-refractivity contribution is 5.88. The second kappa shape index (κ2) is 9.47. The van der Waals surface area contributed by atoms with Gasteiger partial charge in [-0.2, -0.15) is 0 Å². The maximum absolute atomic E-state index is 13.6. The minimum atomic E-state index is -0.484. The third-order valence-corrected chi connectivity index (χ3v) is 7.83. The number of rotatable bonds is 5. The third kappa shape index (κ3) is 4.48. The number of amides is 1. The zero-order valence-corrected chi connectivity index (χ0v) is 18.6. The monoisotopic (exact) mass is 428 g/mol. The maximum atomic E-state index is 13.6.